The summed E-state index contributed by atoms with van der Waals surface area (Å²) >= 11 is 0. The van der Waals surface area contributed by atoms with E-state index in [0.717, 1.165) is 0 Å². The Balaban J connectivity index is 0. The van der Waals surface area contributed by atoms with E-state index in [1.165, 1.54) is 30.3 Å². The predicted octanol–water partition coefficient (Wildman–Crippen LogP) is -3.28. The first kappa shape index (κ1) is 22.0. The van der Waals surface area contributed by atoms with Gasteiger partial charge in [0.25, 0.3) is 20.2 Å². The van der Waals surface area contributed by atoms with Crippen molar-refractivity contribution in [3.05, 3.63) is 48.5 Å². The van der Waals surface area contributed by atoms with Gasteiger partial charge in [-0.05, 0) is 46.5 Å². The summed E-state index contributed by atoms with van der Waals surface area (Å²) in [6, 6.07) is 11.5. The Morgan fingerprint density at radius 1 is 0.708 bits per heavy atom. The molecule has 0 unspecified atom stereocenters. The molecule has 0 atom stereocenters. The van der Waals surface area contributed by atoms with Gasteiger partial charge in [0.2, 0.25) is 0 Å². The molecule has 0 aromatic heterocycles. The molecule has 2 N–H and O–H groups in total. The van der Waals surface area contributed by atoms with Gasteiger partial charge < -0.3 is 2.85 Å². The third kappa shape index (κ3) is 4.39. The van der Waals surface area contributed by atoms with Crippen LogP contribution in [-0.4, -0.2) is 25.9 Å². The topological polar surface area (TPSA) is 109 Å². The minimum Gasteiger partial charge on any atom is -1.00 e. The fourth-order valence-electron chi connectivity index (χ4n) is 2.36. The summed E-state index contributed by atoms with van der Waals surface area (Å²) < 4.78 is 63.5. The molecular weight excluding hydrogens is 374 g/mol. The summed E-state index contributed by atoms with van der Waals surface area (Å²) in [5, 5.41) is 1.96. The van der Waals surface area contributed by atoms with E-state index < -0.39 is 20.2 Å². The Hall–Kier alpha value is 0.000000000000000444. The average molecular weight is 386 g/mol. The molecule has 118 valence electrons. The Morgan fingerprint density at radius 2 is 1.38 bits per heavy atom. The molecule has 0 radical (unpaired) electrons. The van der Waals surface area contributed by atoms with Gasteiger partial charge in [0.05, 0.1) is 4.90 Å². The van der Waals surface area contributed by atoms with E-state index in [0.29, 0.717) is 21.5 Å². The van der Waals surface area contributed by atoms with Crippen LogP contribution in [-0.2, 0) is 20.2 Å². The van der Waals surface area contributed by atoms with Crippen LogP contribution in [0, 0.1) is 0 Å². The summed E-state index contributed by atoms with van der Waals surface area (Å²) in [4.78, 5) is -0.462. The molecule has 3 aromatic carbocycles. The van der Waals surface area contributed by atoms with Crippen molar-refractivity contribution < 1.29 is 87.9 Å². The van der Waals surface area contributed by atoms with Crippen LogP contribution < -0.4 is 59.1 Å². The van der Waals surface area contributed by atoms with Gasteiger partial charge in [-0.2, -0.15) is 16.8 Å². The van der Waals surface area contributed by atoms with Gasteiger partial charge in [0.15, 0.2) is 0 Å². The van der Waals surface area contributed by atoms with Crippen LogP contribution in [0.15, 0.2) is 58.3 Å². The van der Waals surface area contributed by atoms with Crippen LogP contribution >= 0.6 is 0 Å². The zero-order chi connectivity index (χ0) is 16.1. The fraction of sp³-hybridized carbons (Fsp3) is 0. The van der Waals surface area contributed by atoms with Gasteiger partial charge in [-0.1, -0.05) is 18.2 Å². The first-order chi connectivity index (χ1) is 10.2. The summed E-state index contributed by atoms with van der Waals surface area (Å²) in [6.07, 6.45) is 0. The SMILES string of the molecule is O=S(=O)(O)c1ccc2cc3c(S(=O)(=O)O)cccc3cc2c1.[H-].[H-].[Na+].[Na+]. The molecule has 24 heavy (non-hydrogen) atoms. The predicted molar refractivity (Wildman–Crippen MR) is 83.3 cm³/mol. The van der Waals surface area contributed by atoms with Crippen molar-refractivity contribution in [3.63, 3.8) is 0 Å². The van der Waals surface area contributed by atoms with Crippen molar-refractivity contribution in [1.82, 2.24) is 0 Å². The molecule has 0 spiro atoms. The van der Waals surface area contributed by atoms with Crippen molar-refractivity contribution >= 4 is 41.8 Å². The van der Waals surface area contributed by atoms with Crippen LogP contribution in [0.1, 0.15) is 2.85 Å². The van der Waals surface area contributed by atoms with Crippen LogP contribution in [0.25, 0.3) is 21.5 Å². The van der Waals surface area contributed by atoms with E-state index >= 15 is 0 Å². The molecule has 10 heteroatoms. The average Bonchev–Trinajstić information content (AvgIpc) is 2.41. The molecule has 3 rings (SSSR count). The third-order valence-corrected chi connectivity index (χ3v) is 5.11. The molecule has 0 aliphatic rings. The molecule has 0 bridgehead atoms. The minimum absolute atomic E-state index is 0. The van der Waals surface area contributed by atoms with E-state index in [2.05, 4.69) is 0 Å². The molecule has 0 fully saturated rings. The Labute approximate surface area is 186 Å². The largest absolute Gasteiger partial charge is 1.00 e. The molecule has 0 saturated carbocycles. The molecule has 0 amide bonds. The summed E-state index contributed by atoms with van der Waals surface area (Å²) in [6.45, 7) is 0. The van der Waals surface area contributed by atoms with Gasteiger partial charge in [-0.3, -0.25) is 9.11 Å². The maximum atomic E-state index is 11.4. The number of rotatable bonds is 2. The van der Waals surface area contributed by atoms with Crippen LogP contribution in [0.3, 0.4) is 0 Å². The van der Waals surface area contributed by atoms with E-state index in [-0.39, 0.29) is 71.8 Å². The maximum absolute atomic E-state index is 11.4. The standard InChI is InChI=1S/C14H10O6S2.2Na.2H/c15-21(16,17)12-5-4-9-8-13-10(6-11(9)7-12)2-1-3-14(13)22(18,19)20;;;;/h1-8H,(H,15,16,17)(H,18,19,20);;;;/q;2*+1;2*-1. The van der Waals surface area contributed by atoms with Crippen LogP contribution in [0.4, 0.5) is 0 Å². The molecule has 0 saturated heterocycles. The number of hydrogen-bond donors (Lipinski definition) is 2. The van der Waals surface area contributed by atoms with Crippen LogP contribution in [0.2, 0.25) is 0 Å². The van der Waals surface area contributed by atoms with Gasteiger partial charge >= 0.3 is 59.1 Å². The van der Waals surface area contributed by atoms with Crippen molar-refractivity contribution in [2.75, 3.05) is 0 Å². The smallest absolute Gasteiger partial charge is 1.00 e. The third-order valence-electron chi connectivity index (χ3n) is 3.34. The van der Waals surface area contributed by atoms with E-state index in [1.807, 2.05) is 0 Å². The van der Waals surface area contributed by atoms with Gasteiger partial charge in [-0.25, -0.2) is 0 Å². The maximum Gasteiger partial charge on any atom is 1.00 e. The monoisotopic (exact) mass is 386 g/mol. The van der Waals surface area contributed by atoms with Gasteiger partial charge in [0, 0.05) is 5.39 Å². The van der Waals surface area contributed by atoms with Crippen molar-refractivity contribution in [2.24, 2.45) is 0 Å². The van der Waals surface area contributed by atoms with E-state index in [4.69, 9.17) is 4.55 Å². The van der Waals surface area contributed by atoms with E-state index in [9.17, 15) is 21.4 Å². The summed E-state index contributed by atoms with van der Waals surface area (Å²) in [5.41, 5.74) is 0. The molecule has 0 aliphatic carbocycles. The minimum atomic E-state index is -4.37. The second-order valence-electron chi connectivity index (χ2n) is 4.79. The fourth-order valence-corrected chi connectivity index (χ4v) is 3.58. The Kier molecular flexibility index (Phi) is 7.08. The number of fused-ring (bicyclic) bond motifs is 2. The first-order valence-electron chi connectivity index (χ1n) is 6.08. The molecule has 0 aliphatic heterocycles. The molecule has 6 nitrogen and oxygen atoms in total. The van der Waals surface area contributed by atoms with Gasteiger partial charge in [-0.15, -0.1) is 0 Å². The Bertz CT molecular complexity index is 1130. The molecular formula is C14H12Na2O6S2. The summed E-state index contributed by atoms with van der Waals surface area (Å²) in [7, 11) is -8.68. The first-order valence-corrected chi connectivity index (χ1v) is 8.96. The van der Waals surface area contributed by atoms with Crippen molar-refractivity contribution in [2.45, 2.75) is 9.79 Å². The molecule has 3 aromatic rings. The number of benzene rings is 3. The molecule has 0 heterocycles. The Morgan fingerprint density at radius 3 is 1.96 bits per heavy atom. The zero-order valence-electron chi connectivity index (χ0n) is 15.0. The normalized spacial score (nSPS) is 11.8. The van der Waals surface area contributed by atoms with Crippen molar-refractivity contribution in [3.8, 4) is 0 Å². The van der Waals surface area contributed by atoms with Gasteiger partial charge in [0.1, 0.15) is 4.90 Å². The summed E-state index contributed by atoms with van der Waals surface area (Å²) in [5.74, 6) is 0. The number of hydrogen-bond acceptors (Lipinski definition) is 4. The van der Waals surface area contributed by atoms with E-state index in [1.54, 1.807) is 18.2 Å². The quantitative estimate of drug-likeness (QED) is 0.272. The zero-order valence-corrected chi connectivity index (χ0v) is 18.6. The van der Waals surface area contributed by atoms with Crippen LogP contribution in [0.5, 0.6) is 0 Å². The second-order valence-corrected chi connectivity index (χ2v) is 7.60. The van der Waals surface area contributed by atoms with Crippen molar-refractivity contribution in [1.29, 1.82) is 0 Å². The second kappa shape index (κ2) is 7.71.